The first-order valence-corrected chi connectivity index (χ1v) is 8.70. The number of carbonyl (C=O) groups excluding carboxylic acids is 1. The number of carboxylic acid groups (broad SMARTS) is 1. The van der Waals surface area contributed by atoms with Crippen LogP contribution in [0.1, 0.15) is 66.3 Å². The predicted octanol–water partition coefficient (Wildman–Crippen LogP) is 3.17. The molecule has 5 nitrogen and oxygen atoms in total. The number of rotatable bonds is 5. The van der Waals surface area contributed by atoms with Crippen molar-refractivity contribution in [1.29, 1.82) is 0 Å². The zero-order valence-corrected chi connectivity index (χ0v) is 14.3. The Bertz CT molecular complexity index is 570. The van der Waals surface area contributed by atoms with Crippen molar-refractivity contribution in [2.45, 2.75) is 64.8 Å². The summed E-state index contributed by atoms with van der Waals surface area (Å²) >= 11 is 1.42. The highest BCUT2D eigenvalue weighted by Crippen LogP contribution is 2.34. The van der Waals surface area contributed by atoms with Crippen molar-refractivity contribution < 1.29 is 14.7 Å². The van der Waals surface area contributed by atoms with Crippen LogP contribution in [0.15, 0.2) is 0 Å². The van der Waals surface area contributed by atoms with Crippen LogP contribution in [0.3, 0.4) is 0 Å². The molecule has 22 heavy (non-hydrogen) atoms. The first kappa shape index (κ1) is 16.9. The standard InChI is InChI=1S/C16H24N2O3S/c1-4-7-12-17-10(2)13(22-12)14(19)18-16(3)9-6-5-8-11(16)15(20)21/h11H,4-9H2,1-3H3,(H,18,19)(H,20,21). The molecule has 1 aliphatic rings. The van der Waals surface area contributed by atoms with Gasteiger partial charge >= 0.3 is 5.97 Å². The molecular weight excluding hydrogens is 300 g/mol. The molecule has 1 aromatic heterocycles. The molecule has 1 saturated carbocycles. The van der Waals surface area contributed by atoms with Crippen LogP contribution < -0.4 is 5.32 Å². The molecule has 2 unspecified atom stereocenters. The number of aryl methyl sites for hydroxylation is 2. The summed E-state index contributed by atoms with van der Waals surface area (Å²) in [6.07, 6.45) is 5.04. The van der Waals surface area contributed by atoms with E-state index in [0.29, 0.717) is 17.7 Å². The number of hydrogen-bond donors (Lipinski definition) is 2. The topological polar surface area (TPSA) is 79.3 Å². The first-order valence-electron chi connectivity index (χ1n) is 7.89. The maximum absolute atomic E-state index is 12.6. The van der Waals surface area contributed by atoms with Gasteiger partial charge in [0, 0.05) is 0 Å². The molecule has 6 heteroatoms. The Labute approximate surface area is 135 Å². The van der Waals surface area contributed by atoms with Crippen LogP contribution in [0.2, 0.25) is 0 Å². The van der Waals surface area contributed by atoms with E-state index < -0.39 is 17.4 Å². The lowest BCUT2D eigenvalue weighted by atomic mass is 9.74. The Balaban J connectivity index is 2.17. The third-order valence-electron chi connectivity index (χ3n) is 4.42. The third-order valence-corrected chi connectivity index (χ3v) is 5.63. The van der Waals surface area contributed by atoms with Gasteiger partial charge in [-0.05, 0) is 39.5 Å². The molecule has 2 atom stereocenters. The molecule has 2 N–H and O–H groups in total. The van der Waals surface area contributed by atoms with Gasteiger partial charge in [-0.2, -0.15) is 0 Å². The number of aliphatic carboxylic acids is 1. The molecule has 1 amide bonds. The summed E-state index contributed by atoms with van der Waals surface area (Å²) in [6.45, 7) is 5.77. The molecule has 1 aliphatic carbocycles. The average Bonchev–Trinajstić information content (AvgIpc) is 2.80. The maximum Gasteiger partial charge on any atom is 0.308 e. The van der Waals surface area contributed by atoms with E-state index in [1.54, 1.807) is 0 Å². The van der Waals surface area contributed by atoms with Crippen LogP contribution in [0.4, 0.5) is 0 Å². The summed E-state index contributed by atoms with van der Waals surface area (Å²) in [5, 5.41) is 13.4. The summed E-state index contributed by atoms with van der Waals surface area (Å²) in [5.74, 6) is -1.53. The van der Waals surface area contributed by atoms with Gasteiger partial charge in [-0.3, -0.25) is 9.59 Å². The highest BCUT2D eigenvalue weighted by molar-refractivity contribution is 7.13. The lowest BCUT2D eigenvalue weighted by Gasteiger charge is -2.39. The smallest absolute Gasteiger partial charge is 0.308 e. The highest BCUT2D eigenvalue weighted by Gasteiger charge is 2.42. The minimum absolute atomic E-state index is 0.187. The number of nitrogens with one attached hydrogen (secondary N) is 1. The van der Waals surface area contributed by atoms with E-state index in [1.807, 2.05) is 13.8 Å². The van der Waals surface area contributed by atoms with Crippen LogP contribution in [-0.4, -0.2) is 27.5 Å². The zero-order valence-electron chi connectivity index (χ0n) is 13.4. The fraction of sp³-hybridized carbons (Fsp3) is 0.688. The lowest BCUT2D eigenvalue weighted by Crippen LogP contribution is -2.55. The minimum Gasteiger partial charge on any atom is -0.481 e. The number of nitrogens with zero attached hydrogens (tertiary/aromatic N) is 1. The highest BCUT2D eigenvalue weighted by atomic mass is 32.1. The summed E-state index contributed by atoms with van der Waals surface area (Å²) < 4.78 is 0. The molecule has 1 aromatic rings. The molecular formula is C16H24N2O3S. The van der Waals surface area contributed by atoms with E-state index in [4.69, 9.17) is 0 Å². The largest absolute Gasteiger partial charge is 0.481 e. The molecule has 0 bridgehead atoms. The molecule has 1 fully saturated rings. The Morgan fingerprint density at radius 2 is 2.18 bits per heavy atom. The third kappa shape index (κ3) is 3.48. The van der Waals surface area contributed by atoms with Crippen LogP contribution >= 0.6 is 11.3 Å². The van der Waals surface area contributed by atoms with Crippen LogP contribution in [0.25, 0.3) is 0 Å². The van der Waals surface area contributed by atoms with Crippen molar-refractivity contribution in [3.05, 3.63) is 15.6 Å². The van der Waals surface area contributed by atoms with Gasteiger partial charge in [-0.25, -0.2) is 4.98 Å². The van der Waals surface area contributed by atoms with Crippen LogP contribution in [0.5, 0.6) is 0 Å². The molecule has 0 aliphatic heterocycles. The van der Waals surface area contributed by atoms with Gasteiger partial charge in [-0.15, -0.1) is 11.3 Å². The number of hydrogen-bond acceptors (Lipinski definition) is 4. The fourth-order valence-electron chi connectivity index (χ4n) is 3.18. The normalized spacial score (nSPS) is 25.0. The predicted molar refractivity (Wildman–Crippen MR) is 86.3 cm³/mol. The van der Waals surface area contributed by atoms with Crippen molar-refractivity contribution in [2.75, 3.05) is 0 Å². The number of thiazole rings is 1. The fourth-order valence-corrected chi connectivity index (χ4v) is 4.24. The van der Waals surface area contributed by atoms with Gasteiger partial charge in [0.2, 0.25) is 0 Å². The van der Waals surface area contributed by atoms with Crippen molar-refractivity contribution in [3.63, 3.8) is 0 Å². The van der Waals surface area contributed by atoms with E-state index in [2.05, 4.69) is 17.2 Å². The van der Waals surface area contributed by atoms with Gasteiger partial charge in [0.1, 0.15) is 4.88 Å². The second-order valence-corrected chi connectivity index (χ2v) is 7.36. The zero-order chi connectivity index (χ0) is 16.3. The summed E-state index contributed by atoms with van der Waals surface area (Å²) in [4.78, 5) is 29.1. The number of carbonyl (C=O) groups is 2. The average molecular weight is 324 g/mol. The molecule has 2 rings (SSSR count). The molecule has 122 valence electrons. The Morgan fingerprint density at radius 1 is 1.45 bits per heavy atom. The Hall–Kier alpha value is -1.43. The van der Waals surface area contributed by atoms with E-state index >= 15 is 0 Å². The van der Waals surface area contributed by atoms with E-state index in [1.165, 1.54) is 11.3 Å². The van der Waals surface area contributed by atoms with E-state index in [-0.39, 0.29) is 5.91 Å². The minimum atomic E-state index is -0.824. The monoisotopic (exact) mass is 324 g/mol. The second kappa shape index (κ2) is 6.77. The lowest BCUT2D eigenvalue weighted by molar-refractivity contribution is -0.145. The number of carboxylic acids is 1. The van der Waals surface area contributed by atoms with Gasteiger partial charge in [0.15, 0.2) is 0 Å². The van der Waals surface area contributed by atoms with Crippen molar-refractivity contribution >= 4 is 23.2 Å². The van der Waals surface area contributed by atoms with Crippen LogP contribution in [0, 0.1) is 12.8 Å². The Kier molecular flexibility index (Phi) is 5.21. The van der Waals surface area contributed by atoms with E-state index in [0.717, 1.165) is 36.4 Å². The van der Waals surface area contributed by atoms with Crippen molar-refractivity contribution in [2.24, 2.45) is 5.92 Å². The van der Waals surface area contributed by atoms with Gasteiger partial charge in [0.05, 0.1) is 22.2 Å². The van der Waals surface area contributed by atoms with E-state index in [9.17, 15) is 14.7 Å². The molecule has 0 aromatic carbocycles. The number of aromatic nitrogens is 1. The van der Waals surface area contributed by atoms with Crippen molar-refractivity contribution in [3.8, 4) is 0 Å². The summed E-state index contributed by atoms with van der Waals surface area (Å²) in [5.41, 5.74) is 0.0555. The van der Waals surface area contributed by atoms with Crippen LogP contribution in [-0.2, 0) is 11.2 Å². The Morgan fingerprint density at radius 3 is 2.82 bits per heavy atom. The van der Waals surface area contributed by atoms with Gasteiger partial charge < -0.3 is 10.4 Å². The quantitative estimate of drug-likeness (QED) is 0.872. The maximum atomic E-state index is 12.6. The SMILES string of the molecule is CCCc1nc(C)c(C(=O)NC2(C)CCCCC2C(=O)O)s1. The summed E-state index contributed by atoms with van der Waals surface area (Å²) in [7, 11) is 0. The molecule has 0 saturated heterocycles. The van der Waals surface area contributed by atoms with Gasteiger partial charge in [0.25, 0.3) is 5.91 Å². The second-order valence-electron chi connectivity index (χ2n) is 6.28. The van der Waals surface area contributed by atoms with Gasteiger partial charge in [-0.1, -0.05) is 19.8 Å². The molecule has 1 heterocycles. The summed E-state index contributed by atoms with van der Waals surface area (Å²) in [6, 6.07) is 0. The number of amides is 1. The van der Waals surface area contributed by atoms with Crippen molar-refractivity contribution in [1.82, 2.24) is 10.3 Å². The molecule has 0 spiro atoms. The molecule has 0 radical (unpaired) electrons. The first-order chi connectivity index (χ1) is 10.4.